The second-order valence-corrected chi connectivity index (χ2v) is 5.29. The van der Waals surface area contributed by atoms with Crippen LogP contribution in [-0.2, 0) is 4.74 Å². The van der Waals surface area contributed by atoms with Crippen molar-refractivity contribution in [1.82, 2.24) is 4.90 Å². The molecule has 0 atom stereocenters. The molecule has 122 valence electrons. The molecular formula is C16H21F2NO3. The Hall–Kier alpha value is -1.69. The van der Waals surface area contributed by atoms with Gasteiger partial charge in [0.2, 0.25) is 0 Å². The number of rotatable bonds is 6. The smallest absolute Gasteiger partial charge is 0.338 e. The quantitative estimate of drug-likeness (QED) is 0.757. The number of benzene rings is 1. The van der Waals surface area contributed by atoms with Crippen molar-refractivity contribution in [2.24, 2.45) is 0 Å². The average molecular weight is 313 g/mol. The van der Waals surface area contributed by atoms with Crippen molar-refractivity contribution in [1.29, 1.82) is 0 Å². The highest BCUT2D eigenvalue weighted by Gasteiger charge is 2.33. The highest BCUT2D eigenvalue weighted by Crippen LogP contribution is 2.27. The molecule has 0 saturated carbocycles. The van der Waals surface area contributed by atoms with Crippen LogP contribution in [-0.4, -0.2) is 49.6 Å². The van der Waals surface area contributed by atoms with Crippen LogP contribution in [0.15, 0.2) is 24.3 Å². The number of alkyl halides is 2. The second kappa shape index (κ2) is 7.54. The first-order chi connectivity index (χ1) is 10.5. The number of ether oxygens (including phenoxy) is 2. The van der Waals surface area contributed by atoms with Crippen molar-refractivity contribution >= 4 is 5.97 Å². The zero-order chi connectivity index (χ0) is 16.0. The van der Waals surface area contributed by atoms with Gasteiger partial charge in [0.25, 0.3) is 5.92 Å². The number of carbonyl (C=O) groups is 1. The fraction of sp³-hybridized carbons (Fsp3) is 0.562. The number of hydrogen-bond acceptors (Lipinski definition) is 4. The van der Waals surface area contributed by atoms with Gasteiger partial charge in [-0.1, -0.05) is 0 Å². The number of likely N-dealkylation sites (tertiary alicyclic amines) is 1. The molecular weight excluding hydrogens is 292 g/mol. The Morgan fingerprint density at radius 2 is 1.86 bits per heavy atom. The largest absolute Gasteiger partial charge is 0.492 e. The molecule has 1 aromatic carbocycles. The molecule has 0 unspecified atom stereocenters. The van der Waals surface area contributed by atoms with E-state index in [2.05, 4.69) is 0 Å². The average Bonchev–Trinajstić information content (AvgIpc) is 2.50. The van der Waals surface area contributed by atoms with E-state index in [1.54, 1.807) is 31.2 Å². The Labute approximate surface area is 129 Å². The van der Waals surface area contributed by atoms with E-state index in [-0.39, 0.29) is 18.8 Å². The van der Waals surface area contributed by atoms with Gasteiger partial charge < -0.3 is 9.47 Å². The first-order valence-electron chi connectivity index (χ1n) is 7.50. The normalized spacial score (nSPS) is 18.0. The van der Waals surface area contributed by atoms with Gasteiger partial charge in [0.15, 0.2) is 0 Å². The molecule has 0 spiro atoms. The number of piperidine rings is 1. The van der Waals surface area contributed by atoms with Crippen LogP contribution in [0.2, 0.25) is 0 Å². The summed E-state index contributed by atoms with van der Waals surface area (Å²) in [5.41, 5.74) is 0.479. The number of nitrogens with zero attached hydrogens (tertiary/aromatic N) is 1. The Bertz CT molecular complexity index is 481. The SMILES string of the molecule is CCOC(=O)c1ccc(OCCN2CCC(F)(F)CC2)cc1. The van der Waals surface area contributed by atoms with E-state index in [0.717, 1.165) is 0 Å². The fourth-order valence-corrected chi connectivity index (χ4v) is 2.30. The lowest BCUT2D eigenvalue weighted by molar-refractivity contribution is -0.0564. The molecule has 22 heavy (non-hydrogen) atoms. The highest BCUT2D eigenvalue weighted by molar-refractivity contribution is 5.89. The monoisotopic (exact) mass is 313 g/mol. The molecule has 6 heteroatoms. The summed E-state index contributed by atoms with van der Waals surface area (Å²) in [6.07, 6.45) is -0.164. The van der Waals surface area contributed by atoms with E-state index in [0.29, 0.717) is 44.2 Å². The lowest BCUT2D eigenvalue weighted by Crippen LogP contribution is -2.41. The maximum Gasteiger partial charge on any atom is 0.338 e. The number of halogens is 2. The zero-order valence-corrected chi connectivity index (χ0v) is 12.7. The van der Waals surface area contributed by atoms with Crippen LogP contribution in [0, 0.1) is 0 Å². The molecule has 1 aliphatic heterocycles. The zero-order valence-electron chi connectivity index (χ0n) is 12.7. The van der Waals surface area contributed by atoms with E-state index >= 15 is 0 Å². The van der Waals surface area contributed by atoms with E-state index in [4.69, 9.17) is 9.47 Å². The third-order valence-electron chi connectivity index (χ3n) is 3.63. The van der Waals surface area contributed by atoms with E-state index in [1.165, 1.54) is 0 Å². The van der Waals surface area contributed by atoms with Crippen molar-refractivity contribution in [2.45, 2.75) is 25.7 Å². The lowest BCUT2D eigenvalue weighted by atomic mass is 10.1. The van der Waals surface area contributed by atoms with Crippen LogP contribution in [0.4, 0.5) is 8.78 Å². The van der Waals surface area contributed by atoms with E-state index in [1.807, 2.05) is 4.90 Å². The van der Waals surface area contributed by atoms with Crippen molar-refractivity contribution in [3.8, 4) is 5.75 Å². The highest BCUT2D eigenvalue weighted by atomic mass is 19.3. The summed E-state index contributed by atoms with van der Waals surface area (Å²) in [5, 5.41) is 0. The maximum absolute atomic E-state index is 13.0. The van der Waals surface area contributed by atoms with Gasteiger partial charge in [0, 0.05) is 32.5 Å². The van der Waals surface area contributed by atoms with Gasteiger partial charge in [-0.2, -0.15) is 0 Å². The number of hydrogen-bond donors (Lipinski definition) is 0. The predicted molar refractivity (Wildman–Crippen MR) is 78.5 cm³/mol. The molecule has 0 amide bonds. The Morgan fingerprint density at radius 3 is 2.45 bits per heavy atom. The van der Waals surface area contributed by atoms with Gasteiger partial charge in [-0.05, 0) is 31.2 Å². The lowest BCUT2D eigenvalue weighted by Gasteiger charge is -2.31. The number of carbonyl (C=O) groups excluding carboxylic acids is 1. The fourth-order valence-electron chi connectivity index (χ4n) is 2.30. The molecule has 1 saturated heterocycles. The van der Waals surface area contributed by atoms with Gasteiger partial charge in [0.1, 0.15) is 12.4 Å². The molecule has 1 heterocycles. The van der Waals surface area contributed by atoms with Gasteiger partial charge in [-0.25, -0.2) is 13.6 Å². The first-order valence-corrected chi connectivity index (χ1v) is 7.50. The van der Waals surface area contributed by atoms with Crippen LogP contribution >= 0.6 is 0 Å². The van der Waals surface area contributed by atoms with Gasteiger partial charge in [-0.15, -0.1) is 0 Å². The third-order valence-corrected chi connectivity index (χ3v) is 3.63. The molecule has 0 N–H and O–H groups in total. The molecule has 0 bridgehead atoms. The molecule has 0 aromatic heterocycles. The molecule has 1 aromatic rings. The minimum Gasteiger partial charge on any atom is -0.492 e. The van der Waals surface area contributed by atoms with Crippen LogP contribution in [0.25, 0.3) is 0 Å². The number of esters is 1. The molecule has 4 nitrogen and oxygen atoms in total. The summed E-state index contributed by atoms with van der Waals surface area (Å²) in [4.78, 5) is 13.5. The summed E-state index contributed by atoms with van der Waals surface area (Å²) in [5.74, 6) is -2.22. The van der Waals surface area contributed by atoms with Crippen LogP contribution in [0.5, 0.6) is 5.75 Å². The standard InChI is InChI=1S/C16H21F2NO3/c1-2-21-15(20)13-3-5-14(6-4-13)22-12-11-19-9-7-16(17,18)8-10-19/h3-6H,2,7-12H2,1H3. The molecule has 2 rings (SSSR count). The Morgan fingerprint density at radius 1 is 1.23 bits per heavy atom. The summed E-state index contributed by atoms with van der Waals surface area (Å²) in [7, 11) is 0. The third kappa shape index (κ3) is 4.94. The minimum atomic E-state index is -2.51. The summed E-state index contributed by atoms with van der Waals surface area (Å²) in [6.45, 7) is 3.95. The van der Waals surface area contributed by atoms with Crippen molar-refractivity contribution in [2.75, 3.05) is 32.8 Å². The first kappa shape index (κ1) is 16.7. The van der Waals surface area contributed by atoms with Gasteiger partial charge >= 0.3 is 5.97 Å². The maximum atomic E-state index is 13.0. The minimum absolute atomic E-state index is 0.0821. The summed E-state index contributed by atoms with van der Waals surface area (Å²) < 4.78 is 36.5. The van der Waals surface area contributed by atoms with Crippen molar-refractivity contribution < 1.29 is 23.0 Å². The van der Waals surface area contributed by atoms with Gasteiger partial charge in [0.05, 0.1) is 12.2 Å². The Balaban J connectivity index is 1.72. The molecule has 0 aliphatic carbocycles. The van der Waals surface area contributed by atoms with Gasteiger partial charge in [-0.3, -0.25) is 4.90 Å². The van der Waals surface area contributed by atoms with E-state index < -0.39 is 5.92 Å². The topological polar surface area (TPSA) is 38.8 Å². The van der Waals surface area contributed by atoms with Crippen LogP contribution < -0.4 is 4.74 Å². The van der Waals surface area contributed by atoms with Crippen LogP contribution in [0.3, 0.4) is 0 Å². The molecule has 1 aliphatic rings. The summed E-state index contributed by atoms with van der Waals surface area (Å²) >= 11 is 0. The molecule has 0 radical (unpaired) electrons. The van der Waals surface area contributed by atoms with Crippen molar-refractivity contribution in [3.05, 3.63) is 29.8 Å². The van der Waals surface area contributed by atoms with Crippen LogP contribution in [0.1, 0.15) is 30.1 Å². The predicted octanol–water partition coefficient (Wildman–Crippen LogP) is 2.97. The molecule has 1 fully saturated rings. The second-order valence-electron chi connectivity index (χ2n) is 5.29. The van der Waals surface area contributed by atoms with E-state index in [9.17, 15) is 13.6 Å². The summed E-state index contributed by atoms with van der Waals surface area (Å²) in [6, 6.07) is 6.71. The Kier molecular flexibility index (Phi) is 5.71. The van der Waals surface area contributed by atoms with Crippen molar-refractivity contribution in [3.63, 3.8) is 0 Å².